The number of amides is 1. The van der Waals surface area contributed by atoms with E-state index in [1.165, 1.54) is 0 Å². The van der Waals surface area contributed by atoms with Crippen molar-refractivity contribution in [1.82, 2.24) is 10.6 Å². The molecule has 0 spiro atoms. The monoisotopic (exact) mass is 227 g/mol. The second-order valence-corrected chi connectivity index (χ2v) is 4.99. The summed E-state index contributed by atoms with van der Waals surface area (Å²) in [5, 5.41) is 7.26. The SMILES string of the molecule is O=C(CCCNC1=NCCS1)NC1CC1. The molecule has 2 N–H and O–H groups in total. The fraction of sp³-hybridized carbons (Fsp3) is 0.800. The van der Waals surface area contributed by atoms with Crippen molar-refractivity contribution in [2.75, 3.05) is 18.8 Å². The van der Waals surface area contributed by atoms with E-state index in [9.17, 15) is 4.79 Å². The molecule has 84 valence electrons. The topological polar surface area (TPSA) is 53.5 Å². The van der Waals surface area contributed by atoms with Gasteiger partial charge in [0.2, 0.25) is 5.91 Å². The number of aliphatic imine (C=N–C) groups is 1. The molecule has 1 amide bonds. The van der Waals surface area contributed by atoms with Gasteiger partial charge in [-0.3, -0.25) is 9.79 Å². The molecule has 0 unspecified atom stereocenters. The van der Waals surface area contributed by atoms with Crippen LogP contribution in [0.3, 0.4) is 0 Å². The van der Waals surface area contributed by atoms with Crippen molar-refractivity contribution in [3.63, 3.8) is 0 Å². The van der Waals surface area contributed by atoms with Crippen LogP contribution in [0.15, 0.2) is 4.99 Å². The molecule has 4 nitrogen and oxygen atoms in total. The Bertz CT molecular complexity index is 263. The number of hydrogen-bond donors (Lipinski definition) is 2. The van der Waals surface area contributed by atoms with Crippen LogP contribution in [0.2, 0.25) is 0 Å². The van der Waals surface area contributed by atoms with E-state index in [1.807, 2.05) is 0 Å². The van der Waals surface area contributed by atoms with E-state index in [-0.39, 0.29) is 5.91 Å². The van der Waals surface area contributed by atoms with Gasteiger partial charge in [-0.1, -0.05) is 11.8 Å². The largest absolute Gasteiger partial charge is 0.365 e. The number of nitrogens with zero attached hydrogens (tertiary/aromatic N) is 1. The number of nitrogens with one attached hydrogen (secondary N) is 2. The standard InChI is InChI=1S/C10H17N3OS/c14-9(13-8-3-4-8)2-1-5-11-10-12-6-7-15-10/h8H,1-7H2,(H,11,12)(H,13,14). The summed E-state index contributed by atoms with van der Waals surface area (Å²) in [4.78, 5) is 15.6. The molecule has 0 aromatic rings. The maximum absolute atomic E-state index is 11.3. The molecule has 1 aliphatic carbocycles. The van der Waals surface area contributed by atoms with Gasteiger partial charge >= 0.3 is 0 Å². The third-order valence-corrected chi connectivity index (χ3v) is 3.32. The fourth-order valence-electron chi connectivity index (χ4n) is 1.41. The van der Waals surface area contributed by atoms with E-state index in [0.29, 0.717) is 12.5 Å². The van der Waals surface area contributed by atoms with E-state index in [2.05, 4.69) is 15.6 Å². The molecule has 1 aliphatic heterocycles. The van der Waals surface area contributed by atoms with E-state index in [0.717, 1.165) is 43.3 Å². The number of hydrogen-bond acceptors (Lipinski definition) is 4. The van der Waals surface area contributed by atoms with Crippen molar-refractivity contribution in [3.05, 3.63) is 0 Å². The molecular formula is C10H17N3OS. The molecular weight excluding hydrogens is 210 g/mol. The van der Waals surface area contributed by atoms with E-state index >= 15 is 0 Å². The average Bonchev–Trinajstić information content (AvgIpc) is 2.87. The van der Waals surface area contributed by atoms with Crippen molar-refractivity contribution in [2.24, 2.45) is 4.99 Å². The third kappa shape index (κ3) is 4.11. The maximum atomic E-state index is 11.3. The minimum absolute atomic E-state index is 0.195. The minimum atomic E-state index is 0.195. The van der Waals surface area contributed by atoms with Gasteiger partial charge in [-0.05, 0) is 19.3 Å². The molecule has 1 fully saturated rings. The molecule has 0 radical (unpaired) electrons. The van der Waals surface area contributed by atoms with Gasteiger partial charge in [0.05, 0.1) is 6.54 Å². The highest BCUT2D eigenvalue weighted by Crippen LogP contribution is 2.18. The number of carbonyl (C=O) groups is 1. The first kappa shape index (κ1) is 10.8. The Kier molecular flexibility index (Phi) is 3.88. The molecule has 0 aromatic carbocycles. The summed E-state index contributed by atoms with van der Waals surface area (Å²) in [6.45, 7) is 1.78. The van der Waals surface area contributed by atoms with E-state index in [4.69, 9.17) is 0 Å². The quantitative estimate of drug-likeness (QED) is 0.681. The number of amidine groups is 1. The second kappa shape index (κ2) is 5.39. The van der Waals surface area contributed by atoms with Crippen LogP contribution in [-0.4, -0.2) is 36.0 Å². The van der Waals surface area contributed by atoms with E-state index < -0.39 is 0 Å². The predicted octanol–water partition coefficient (Wildman–Crippen LogP) is 0.738. The van der Waals surface area contributed by atoms with Gasteiger partial charge in [0, 0.05) is 24.8 Å². The van der Waals surface area contributed by atoms with Crippen LogP contribution in [0, 0.1) is 0 Å². The first-order valence-electron chi connectivity index (χ1n) is 5.55. The molecule has 0 aromatic heterocycles. The summed E-state index contributed by atoms with van der Waals surface area (Å²) >= 11 is 1.76. The fourth-order valence-corrected chi connectivity index (χ4v) is 2.18. The van der Waals surface area contributed by atoms with E-state index in [1.54, 1.807) is 11.8 Å². The third-order valence-electron chi connectivity index (χ3n) is 2.38. The highest BCUT2D eigenvalue weighted by Gasteiger charge is 2.22. The highest BCUT2D eigenvalue weighted by atomic mass is 32.2. The van der Waals surface area contributed by atoms with Crippen LogP contribution in [0.25, 0.3) is 0 Å². The van der Waals surface area contributed by atoms with Crippen LogP contribution in [0.5, 0.6) is 0 Å². The predicted molar refractivity (Wildman–Crippen MR) is 63.2 cm³/mol. The Hall–Kier alpha value is -0.710. The lowest BCUT2D eigenvalue weighted by atomic mass is 10.3. The van der Waals surface area contributed by atoms with Crippen LogP contribution >= 0.6 is 11.8 Å². The lowest BCUT2D eigenvalue weighted by Gasteiger charge is -2.05. The van der Waals surface area contributed by atoms with Gasteiger partial charge in [0.15, 0.2) is 5.17 Å². The summed E-state index contributed by atoms with van der Waals surface area (Å²) in [5.74, 6) is 1.28. The van der Waals surface area contributed by atoms with Crippen LogP contribution in [0.1, 0.15) is 25.7 Å². The Morgan fingerprint density at radius 3 is 3.07 bits per heavy atom. The highest BCUT2D eigenvalue weighted by molar-refractivity contribution is 8.14. The maximum Gasteiger partial charge on any atom is 0.220 e. The molecule has 1 saturated carbocycles. The van der Waals surface area contributed by atoms with Gasteiger partial charge in [-0.15, -0.1) is 0 Å². The van der Waals surface area contributed by atoms with Gasteiger partial charge < -0.3 is 10.6 Å². The van der Waals surface area contributed by atoms with Crippen molar-refractivity contribution < 1.29 is 4.79 Å². The van der Waals surface area contributed by atoms with Crippen LogP contribution < -0.4 is 10.6 Å². The van der Waals surface area contributed by atoms with Gasteiger partial charge in [0.1, 0.15) is 0 Å². The smallest absolute Gasteiger partial charge is 0.220 e. The molecule has 0 atom stereocenters. The normalized spacial score (nSPS) is 19.9. The first-order valence-corrected chi connectivity index (χ1v) is 6.53. The summed E-state index contributed by atoms with van der Waals surface area (Å²) in [7, 11) is 0. The van der Waals surface area contributed by atoms with Crippen LogP contribution in [0.4, 0.5) is 0 Å². The summed E-state index contributed by atoms with van der Waals surface area (Å²) < 4.78 is 0. The molecule has 1 heterocycles. The number of rotatable bonds is 5. The zero-order chi connectivity index (χ0) is 10.5. The summed E-state index contributed by atoms with van der Waals surface area (Å²) in [5.41, 5.74) is 0. The van der Waals surface area contributed by atoms with Crippen molar-refractivity contribution in [1.29, 1.82) is 0 Å². The molecule has 0 bridgehead atoms. The molecule has 0 saturated heterocycles. The Labute approximate surface area is 94.3 Å². The zero-order valence-electron chi connectivity index (χ0n) is 8.79. The molecule has 2 rings (SSSR count). The Morgan fingerprint density at radius 1 is 1.53 bits per heavy atom. The van der Waals surface area contributed by atoms with Gasteiger partial charge in [-0.25, -0.2) is 0 Å². The van der Waals surface area contributed by atoms with Gasteiger partial charge in [-0.2, -0.15) is 0 Å². The second-order valence-electron chi connectivity index (χ2n) is 3.91. The van der Waals surface area contributed by atoms with Crippen molar-refractivity contribution in [3.8, 4) is 0 Å². The molecule has 15 heavy (non-hydrogen) atoms. The van der Waals surface area contributed by atoms with Gasteiger partial charge in [0.25, 0.3) is 0 Å². The van der Waals surface area contributed by atoms with Crippen molar-refractivity contribution in [2.45, 2.75) is 31.7 Å². The first-order chi connectivity index (χ1) is 7.34. The molecule has 2 aliphatic rings. The number of thioether (sulfide) groups is 1. The lowest BCUT2D eigenvalue weighted by molar-refractivity contribution is -0.121. The number of carbonyl (C=O) groups excluding carboxylic acids is 1. The minimum Gasteiger partial charge on any atom is -0.365 e. The summed E-state index contributed by atoms with van der Waals surface area (Å²) in [6.07, 6.45) is 3.84. The Balaban J connectivity index is 1.48. The van der Waals surface area contributed by atoms with Crippen molar-refractivity contribution >= 4 is 22.8 Å². The van der Waals surface area contributed by atoms with Crippen LogP contribution in [-0.2, 0) is 4.79 Å². The molecule has 5 heteroatoms. The average molecular weight is 227 g/mol. The summed E-state index contributed by atoms with van der Waals surface area (Å²) in [6, 6.07) is 0.486. The zero-order valence-corrected chi connectivity index (χ0v) is 9.61. The Morgan fingerprint density at radius 2 is 2.40 bits per heavy atom. The lowest BCUT2D eigenvalue weighted by Crippen LogP contribution is -2.27.